The van der Waals surface area contributed by atoms with Crippen LogP contribution < -0.4 is 16.2 Å². The number of rotatable bonds is 8. The van der Waals surface area contributed by atoms with Gasteiger partial charge in [-0.05, 0) is 49.7 Å². The Morgan fingerprint density at radius 2 is 1.29 bits per heavy atom. The Morgan fingerprint density at radius 3 is 1.94 bits per heavy atom. The Kier molecular flexibility index (Phi) is 7.85. The fourth-order valence-corrected chi connectivity index (χ4v) is 4.26. The molecule has 0 aliphatic heterocycles. The van der Waals surface area contributed by atoms with E-state index in [2.05, 4.69) is 36.3 Å². The molecule has 4 rings (SSSR count). The average molecular weight is 420 g/mol. The van der Waals surface area contributed by atoms with Crippen molar-refractivity contribution in [1.82, 2.24) is 9.97 Å². The molecule has 31 heavy (non-hydrogen) atoms. The summed E-state index contributed by atoms with van der Waals surface area (Å²) < 4.78 is 0. The SMILES string of the molecule is C(=NNc1cc(Nc2ccccc2)nc(NN=CC2CCCCC2)n1)C1CCCCC1. The highest BCUT2D eigenvalue weighted by molar-refractivity contribution is 5.65. The third kappa shape index (κ3) is 7.05. The minimum atomic E-state index is 0.448. The molecule has 0 unspecified atom stereocenters. The quantitative estimate of drug-likeness (QED) is 0.351. The zero-order valence-corrected chi connectivity index (χ0v) is 18.1. The number of hydrogen-bond acceptors (Lipinski definition) is 7. The summed E-state index contributed by atoms with van der Waals surface area (Å²) in [5.41, 5.74) is 7.07. The Bertz CT molecular complexity index is 805. The first-order chi connectivity index (χ1) is 15.3. The van der Waals surface area contributed by atoms with E-state index in [4.69, 9.17) is 0 Å². The molecular weight excluding hydrogens is 386 g/mol. The topological polar surface area (TPSA) is 86.6 Å². The second-order valence-corrected chi connectivity index (χ2v) is 8.53. The van der Waals surface area contributed by atoms with E-state index in [1.807, 2.05) is 48.8 Å². The maximum Gasteiger partial charge on any atom is 0.247 e. The van der Waals surface area contributed by atoms with Crippen LogP contribution in [-0.2, 0) is 0 Å². The van der Waals surface area contributed by atoms with Crippen LogP contribution in [0.15, 0.2) is 46.6 Å². The lowest BCUT2D eigenvalue weighted by molar-refractivity contribution is 0.445. The summed E-state index contributed by atoms with van der Waals surface area (Å²) in [7, 11) is 0. The third-order valence-corrected chi connectivity index (χ3v) is 5.99. The van der Waals surface area contributed by atoms with Crippen molar-refractivity contribution in [2.24, 2.45) is 22.0 Å². The van der Waals surface area contributed by atoms with Crippen LogP contribution in [0.5, 0.6) is 0 Å². The summed E-state index contributed by atoms with van der Waals surface area (Å²) in [5, 5.41) is 12.2. The first kappa shape index (κ1) is 21.3. The van der Waals surface area contributed by atoms with Crippen LogP contribution in [-0.4, -0.2) is 22.4 Å². The molecule has 0 saturated heterocycles. The Morgan fingerprint density at radius 1 is 0.710 bits per heavy atom. The molecule has 0 bridgehead atoms. The van der Waals surface area contributed by atoms with Crippen LogP contribution >= 0.6 is 0 Å². The Balaban J connectivity index is 1.44. The summed E-state index contributed by atoms with van der Waals surface area (Å²) in [6, 6.07) is 11.8. The minimum absolute atomic E-state index is 0.448. The van der Waals surface area contributed by atoms with Crippen molar-refractivity contribution in [2.45, 2.75) is 64.2 Å². The van der Waals surface area contributed by atoms with E-state index in [-0.39, 0.29) is 0 Å². The number of hydrogen-bond donors (Lipinski definition) is 3. The van der Waals surface area contributed by atoms with E-state index in [9.17, 15) is 0 Å². The Hall–Kier alpha value is -2.96. The lowest BCUT2D eigenvalue weighted by atomic mass is 9.90. The largest absolute Gasteiger partial charge is 0.340 e. The fraction of sp³-hybridized carbons (Fsp3) is 0.500. The van der Waals surface area contributed by atoms with Gasteiger partial charge in [-0.3, -0.25) is 5.43 Å². The minimum Gasteiger partial charge on any atom is -0.340 e. The molecule has 1 aromatic heterocycles. The van der Waals surface area contributed by atoms with Gasteiger partial charge in [-0.15, -0.1) is 0 Å². The highest BCUT2D eigenvalue weighted by Gasteiger charge is 2.12. The van der Waals surface area contributed by atoms with Crippen molar-refractivity contribution in [1.29, 1.82) is 0 Å². The highest BCUT2D eigenvalue weighted by Crippen LogP contribution is 2.23. The predicted molar refractivity (Wildman–Crippen MR) is 129 cm³/mol. The number of nitrogens with one attached hydrogen (secondary N) is 3. The van der Waals surface area contributed by atoms with Gasteiger partial charge in [0.1, 0.15) is 5.82 Å². The maximum atomic E-state index is 4.57. The molecule has 2 aliphatic carbocycles. The van der Waals surface area contributed by atoms with Crippen LogP contribution in [0.25, 0.3) is 0 Å². The summed E-state index contributed by atoms with van der Waals surface area (Å²) in [6.45, 7) is 0. The zero-order chi connectivity index (χ0) is 21.1. The smallest absolute Gasteiger partial charge is 0.247 e. The molecule has 7 heteroatoms. The average Bonchev–Trinajstić information content (AvgIpc) is 2.81. The molecule has 0 spiro atoms. The molecule has 2 aromatic rings. The fourth-order valence-electron chi connectivity index (χ4n) is 4.26. The molecule has 0 atom stereocenters. The van der Waals surface area contributed by atoms with Gasteiger partial charge >= 0.3 is 0 Å². The van der Waals surface area contributed by atoms with E-state index in [1.54, 1.807) is 0 Å². The van der Waals surface area contributed by atoms with Crippen molar-refractivity contribution in [3.8, 4) is 0 Å². The van der Waals surface area contributed by atoms with Crippen molar-refractivity contribution < 1.29 is 0 Å². The zero-order valence-electron chi connectivity index (χ0n) is 18.1. The molecule has 7 nitrogen and oxygen atoms in total. The molecule has 2 aliphatic rings. The van der Waals surface area contributed by atoms with Gasteiger partial charge in [-0.25, -0.2) is 5.43 Å². The number of benzene rings is 1. The monoisotopic (exact) mass is 419 g/mol. The first-order valence-corrected chi connectivity index (χ1v) is 11.6. The molecule has 2 saturated carbocycles. The van der Waals surface area contributed by atoms with Gasteiger partial charge in [-0.2, -0.15) is 20.2 Å². The third-order valence-electron chi connectivity index (χ3n) is 5.99. The maximum absolute atomic E-state index is 4.57. The molecular formula is C24H33N7. The second kappa shape index (κ2) is 11.4. The molecule has 2 fully saturated rings. The summed E-state index contributed by atoms with van der Waals surface area (Å²) in [6.07, 6.45) is 16.7. The van der Waals surface area contributed by atoms with Crippen LogP contribution in [0, 0.1) is 11.8 Å². The van der Waals surface area contributed by atoms with E-state index in [0.29, 0.717) is 29.4 Å². The summed E-state index contributed by atoms with van der Waals surface area (Å²) in [5.74, 6) is 2.87. The predicted octanol–water partition coefficient (Wildman–Crippen LogP) is 6.18. The van der Waals surface area contributed by atoms with Gasteiger partial charge in [0.2, 0.25) is 5.95 Å². The first-order valence-electron chi connectivity index (χ1n) is 11.6. The lowest BCUT2D eigenvalue weighted by Gasteiger charge is -2.17. The van der Waals surface area contributed by atoms with Crippen molar-refractivity contribution >= 4 is 35.7 Å². The van der Waals surface area contributed by atoms with Crippen LogP contribution in [0.3, 0.4) is 0 Å². The molecule has 0 amide bonds. The van der Waals surface area contributed by atoms with E-state index < -0.39 is 0 Å². The number of anilines is 4. The number of hydrazone groups is 2. The molecule has 3 N–H and O–H groups in total. The van der Waals surface area contributed by atoms with Crippen LogP contribution in [0.1, 0.15) is 64.2 Å². The molecule has 1 aromatic carbocycles. The lowest BCUT2D eigenvalue weighted by Crippen LogP contribution is -2.10. The number of nitrogens with zero attached hydrogens (tertiary/aromatic N) is 4. The van der Waals surface area contributed by atoms with Crippen LogP contribution in [0.4, 0.5) is 23.3 Å². The number of aromatic nitrogens is 2. The molecule has 0 radical (unpaired) electrons. The normalized spacial score (nSPS) is 18.5. The summed E-state index contributed by atoms with van der Waals surface area (Å²) in [4.78, 5) is 9.11. The second-order valence-electron chi connectivity index (χ2n) is 8.53. The molecule has 1 heterocycles. The van der Waals surface area contributed by atoms with Crippen molar-refractivity contribution in [3.05, 3.63) is 36.4 Å². The number of para-hydroxylation sites is 1. The van der Waals surface area contributed by atoms with Crippen molar-refractivity contribution in [3.63, 3.8) is 0 Å². The van der Waals surface area contributed by atoms with Gasteiger partial charge in [0.05, 0.1) is 0 Å². The highest BCUT2D eigenvalue weighted by atomic mass is 15.4. The molecule has 164 valence electrons. The van der Waals surface area contributed by atoms with Gasteiger partial charge in [0.25, 0.3) is 0 Å². The van der Waals surface area contributed by atoms with E-state index >= 15 is 0 Å². The van der Waals surface area contributed by atoms with Gasteiger partial charge in [0.15, 0.2) is 5.82 Å². The summed E-state index contributed by atoms with van der Waals surface area (Å²) >= 11 is 0. The Labute approximate surface area is 184 Å². The standard InChI is InChI=1S/C24H33N7/c1-4-10-19(11-5-1)17-25-30-23-16-22(27-21-14-8-3-9-15-21)28-24(29-23)31-26-18-20-12-6-2-7-13-20/h3,8-9,14-20H,1-2,4-7,10-13H2,(H3,27,28,29,30,31). The van der Waals surface area contributed by atoms with Crippen molar-refractivity contribution in [2.75, 3.05) is 16.2 Å². The van der Waals surface area contributed by atoms with Gasteiger partial charge < -0.3 is 5.32 Å². The van der Waals surface area contributed by atoms with Gasteiger partial charge in [-0.1, -0.05) is 56.7 Å². The van der Waals surface area contributed by atoms with Crippen LogP contribution in [0.2, 0.25) is 0 Å². The van der Waals surface area contributed by atoms with E-state index in [1.165, 1.54) is 64.2 Å². The van der Waals surface area contributed by atoms with Gasteiger partial charge in [0, 0.05) is 24.2 Å². The van der Waals surface area contributed by atoms with E-state index in [0.717, 1.165) is 5.69 Å².